The lowest BCUT2D eigenvalue weighted by Gasteiger charge is -2.34. The molecule has 0 aliphatic carbocycles. The molecule has 3 aromatic rings. The van der Waals surface area contributed by atoms with E-state index in [1.807, 2.05) is 62.2 Å². The van der Waals surface area contributed by atoms with Gasteiger partial charge in [0.2, 0.25) is 0 Å². The van der Waals surface area contributed by atoms with Crippen molar-refractivity contribution in [1.29, 1.82) is 0 Å². The van der Waals surface area contributed by atoms with Crippen LogP contribution in [0.3, 0.4) is 0 Å². The minimum Gasteiger partial charge on any atom is -0.469 e. The Morgan fingerprint density at radius 1 is 0.892 bits per heavy atom. The third-order valence-corrected chi connectivity index (χ3v) is 7.44. The number of hydrogen-bond acceptors (Lipinski definition) is 5. The zero-order valence-corrected chi connectivity index (χ0v) is 21.5. The van der Waals surface area contributed by atoms with E-state index in [2.05, 4.69) is 17.4 Å². The van der Waals surface area contributed by atoms with Gasteiger partial charge in [0.15, 0.2) is 0 Å². The maximum atomic E-state index is 13.9. The van der Waals surface area contributed by atoms with Crippen LogP contribution in [0.5, 0.6) is 0 Å². The fourth-order valence-electron chi connectivity index (χ4n) is 5.99. The van der Waals surface area contributed by atoms with Gasteiger partial charge in [-0.3, -0.25) is 19.4 Å². The van der Waals surface area contributed by atoms with Crippen molar-refractivity contribution < 1.29 is 19.1 Å². The molecule has 2 aliphatic rings. The van der Waals surface area contributed by atoms with Crippen molar-refractivity contribution in [2.75, 3.05) is 13.7 Å². The van der Waals surface area contributed by atoms with Crippen LogP contribution in [0, 0.1) is 26.7 Å². The van der Waals surface area contributed by atoms with Crippen LogP contribution in [0.4, 0.5) is 0 Å². The molecule has 2 aliphatic heterocycles. The number of ether oxygens (including phenoxy) is 1. The Morgan fingerprint density at radius 3 is 2.08 bits per heavy atom. The highest BCUT2D eigenvalue weighted by atomic mass is 16.5. The molecule has 0 bridgehead atoms. The molecule has 2 fully saturated rings. The molecule has 37 heavy (non-hydrogen) atoms. The lowest BCUT2D eigenvalue weighted by Crippen LogP contribution is -2.45. The Morgan fingerprint density at radius 2 is 1.49 bits per heavy atom. The van der Waals surface area contributed by atoms with Crippen LogP contribution in [0.15, 0.2) is 72.8 Å². The van der Waals surface area contributed by atoms with Crippen LogP contribution in [0.2, 0.25) is 0 Å². The van der Waals surface area contributed by atoms with E-state index >= 15 is 0 Å². The van der Waals surface area contributed by atoms with Crippen LogP contribution < -0.4 is 5.32 Å². The van der Waals surface area contributed by atoms with Gasteiger partial charge in [-0.15, -0.1) is 0 Å². The van der Waals surface area contributed by atoms with Gasteiger partial charge >= 0.3 is 5.97 Å². The summed E-state index contributed by atoms with van der Waals surface area (Å²) in [6.07, 6.45) is 0. The molecule has 7 nitrogen and oxygen atoms in total. The minimum absolute atomic E-state index is 0.184. The number of nitrogens with zero attached hydrogens (tertiary/aromatic N) is 2. The standard InChI is InChI=1S/C30H31N3O4/c1-18-15-19(2)24(20(3)16-18)27-23(30(36)37-4)17-32-29(35)25(31-28(34)22-13-9-6-10-14-22)26(33(27)32)21-11-7-5-8-12-21/h5-16,23,25-27H,17H2,1-4H3,(H,31,34)/t23-,25+,26+,27-/m1/s1. The van der Waals surface area contributed by atoms with Crippen LogP contribution in [0.1, 0.15) is 50.3 Å². The average Bonchev–Trinajstić information content (AvgIpc) is 3.39. The molecule has 0 saturated carbocycles. The van der Waals surface area contributed by atoms with E-state index in [1.165, 1.54) is 7.11 Å². The molecule has 2 saturated heterocycles. The van der Waals surface area contributed by atoms with Crippen molar-refractivity contribution in [3.05, 3.63) is 106 Å². The number of rotatable bonds is 5. The zero-order valence-electron chi connectivity index (χ0n) is 21.5. The number of nitrogens with one attached hydrogen (secondary N) is 1. The third kappa shape index (κ3) is 4.29. The molecule has 3 aromatic carbocycles. The SMILES string of the molecule is COC(=O)[C@@H]1CN2C(=O)[C@@H](NC(=O)c3ccccc3)[C@H](c3ccccc3)N2[C@H]1c1c(C)cc(C)cc1C. The summed E-state index contributed by atoms with van der Waals surface area (Å²) in [6, 6.07) is 21.0. The van der Waals surface area contributed by atoms with Crippen LogP contribution in [0.25, 0.3) is 0 Å². The summed E-state index contributed by atoms with van der Waals surface area (Å²) in [5.41, 5.74) is 5.61. The zero-order chi connectivity index (χ0) is 26.3. The summed E-state index contributed by atoms with van der Waals surface area (Å²) < 4.78 is 5.21. The normalized spacial score (nSPS) is 23.1. The number of aryl methyl sites for hydroxylation is 3. The molecular weight excluding hydrogens is 466 g/mol. The molecule has 2 amide bonds. The van der Waals surface area contributed by atoms with Gasteiger partial charge in [0.25, 0.3) is 11.8 Å². The second kappa shape index (κ2) is 9.82. The van der Waals surface area contributed by atoms with E-state index in [0.717, 1.165) is 27.8 Å². The predicted octanol–water partition coefficient (Wildman–Crippen LogP) is 4.05. The Hall–Kier alpha value is -3.97. The van der Waals surface area contributed by atoms with E-state index in [9.17, 15) is 14.4 Å². The van der Waals surface area contributed by atoms with Crippen LogP contribution in [-0.4, -0.2) is 47.5 Å². The van der Waals surface area contributed by atoms with Crippen molar-refractivity contribution >= 4 is 17.8 Å². The monoisotopic (exact) mass is 497 g/mol. The largest absolute Gasteiger partial charge is 0.469 e. The highest BCUT2D eigenvalue weighted by Crippen LogP contribution is 2.50. The second-order valence-corrected chi connectivity index (χ2v) is 9.86. The van der Waals surface area contributed by atoms with E-state index in [-0.39, 0.29) is 24.3 Å². The Labute approximate surface area is 217 Å². The first-order chi connectivity index (χ1) is 17.8. The summed E-state index contributed by atoms with van der Waals surface area (Å²) >= 11 is 0. The smallest absolute Gasteiger partial charge is 0.312 e. The molecule has 0 spiro atoms. The van der Waals surface area contributed by atoms with Gasteiger partial charge in [0, 0.05) is 5.56 Å². The van der Waals surface area contributed by atoms with Crippen molar-refractivity contribution in [2.45, 2.75) is 38.9 Å². The maximum absolute atomic E-state index is 13.9. The van der Waals surface area contributed by atoms with E-state index in [4.69, 9.17) is 4.74 Å². The molecule has 0 radical (unpaired) electrons. The average molecular weight is 498 g/mol. The molecule has 190 valence electrons. The molecule has 4 atom stereocenters. The van der Waals surface area contributed by atoms with Gasteiger partial charge in [-0.05, 0) is 55.2 Å². The Kier molecular flexibility index (Phi) is 6.56. The number of carbonyl (C=O) groups excluding carboxylic acids is 3. The van der Waals surface area contributed by atoms with Gasteiger partial charge in [-0.1, -0.05) is 66.2 Å². The lowest BCUT2D eigenvalue weighted by molar-refractivity contribution is -0.146. The lowest BCUT2D eigenvalue weighted by atomic mass is 9.85. The van der Waals surface area contributed by atoms with Crippen molar-refractivity contribution in [1.82, 2.24) is 15.3 Å². The van der Waals surface area contributed by atoms with Crippen LogP contribution in [-0.2, 0) is 14.3 Å². The molecular formula is C30H31N3O4. The summed E-state index contributed by atoms with van der Waals surface area (Å²) in [5, 5.41) is 6.64. The summed E-state index contributed by atoms with van der Waals surface area (Å²) in [6.45, 7) is 6.31. The summed E-state index contributed by atoms with van der Waals surface area (Å²) in [7, 11) is 1.38. The first kappa shape index (κ1) is 24.7. The van der Waals surface area contributed by atoms with Crippen LogP contribution >= 0.6 is 0 Å². The molecule has 2 heterocycles. The fraction of sp³-hybridized carbons (Fsp3) is 0.300. The Balaban J connectivity index is 1.64. The van der Waals surface area contributed by atoms with Gasteiger partial charge in [-0.25, -0.2) is 5.01 Å². The molecule has 5 rings (SSSR count). The van der Waals surface area contributed by atoms with Gasteiger partial charge in [-0.2, -0.15) is 0 Å². The number of methoxy groups -OCH3 is 1. The fourth-order valence-corrected chi connectivity index (χ4v) is 5.99. The molecule has 0 unspecified atom stereocenters. The van der Waals surface area contributed by atoms with Gasteiger partial charge in [0.05, 0.1) is 31.7 Å². The van der Waals surface area contributed by atoms with E-state index < -0.39 is 24.0 Å². The summed E-state index contributed by atoms with van der Waals surface area (Å²) in [4.78, 5) is 40.2. The predicted molar refractivity (Wildman–Crippen MR) is 139 cm³/mol. The highest BCUT2D eigenvalue weighted by molar-refractivity contribution is 5.98. The quantitative estimate of drug-likeness (QED) is 0.538. The number of hydrogen-bond donors (Lipinski definition) is 1. The number of carbonyl (C=O) groups is 3. The number of esters is 1. The number of fused-ring (bicyclic) bond motifs is 1. The van der Waals surface area contributed by atoms with Crippen molar-refractivity contribution in [3.8, 4) is 0 Å². The number of amides is 2. The highest BCUT2D eigenvalue weighted by Gasteiger charge is 2.59. The molecule has 7 heteroatoms. The number of hydrazine groups is 1. The Bertz CT molecular complexity index is 1320. The minimum atomic E-state index is -0.817. The topological polar surface area (TPSA) is 79.0 Å². The maximum Gasteiger partial charge on any atom is 0.312 e. The molecule has 0 aromatic heterocycles. The van der Waals surface area contributed by atoms with E-state index in [1.54, 1.807) is 29.3 Å². The first-order valence-corrected chi connectivity index (χ1v) is 12.5. The summed E-state index contributed by atoms with van der Waals surface area (Å²) in [5.74, 6) is -1.47. The van der Waals surface area contributed by atoms with Crippen molar-refractivity contribution in [3.63, 3.8) is 0 Å². The third-order valence-electron chi connectivity index (χ3n) is 7.44. The second-order valence-electron chi connectivity index (χ2n) is 9.86. The molecule has 1 N–H and O–H groups in total. The van der Waals surface area contributed by atoms with Gasteiger partial charge in [0.1, 0.15) is 6.04 Å². The number of benzene rings is 3. The van der Waals surface area contributed by atoms with Gasteiger partial charge < -0.3 is 10.1 Å². The van der Waals surface area contributed by atoms with E-state index in [0.29, 0.717) is 5.56 Å². The first-order valence-electron chi connectivity index (χ1n) is 12.5. The van der Waals surface area contributed by atoms with Crippen molar-refractivity contribution in [2.24, 2.45) is 5.92 Å².